The van der Waals surface area contributed by atoms with Crippen molar-refractivity contribution in [3.8, 4) is 0 Å². The van der Waals surface area contributed by atoms with E-state index >= 15 is 0 Å². The number of hydrogen-bond acceptors (Lipinski definition) is 4. The van der Waals surface area contributed by atoms with E-state index in [1.54, 1.807) is 13.8 Å². The minimum Gasteiger partial charge on any atom is -0.477 e. The molecule has 5 N–H and O–H groups in total. The van der Waals surface area contributed by atoms with Crippen LogP contribution in [-0.4, -0.2) is 63.6 Å². The van der Waals surface area contributed by atoms with Gasteiger partial charge >= 0.3 is 13.6 Å². The Morgan fingerprint density at radius 2 is 1.55 bits per heavy atom. The van der Waals surface area contributed by atoms with E-state index in [0.717, 1.165) is 0 Å². The highest BCUT2D eigenvalue weighted by Gasteiger charge is 2.45. The highest BCUT2D eigenvalue weighted by molar-refractivity contribution is 7.51. The Balaban J connectivity index is 5.60. The standard InChI is InChI=1S/C11H26N3O5P/c1-5-12-9(3)14(7-11(15)16,8-20(17,18)19)10(4)13-6-2/h9-10,12-13H,5-8H2,1-4H3,(H2-,15,16,17,18,19)/p+1. The van der Waals surface area contributed by atoms with E-state index in [9.17, 15) is 19.1 Å². The van der Waals surface area contributed by atoms with Crippen LogP contribution in [0.2, 0.25) is 0 Å². The summed E-state index contributed by atoms with van der Waals surface area (Å²) in [4.78, 5) is 29.9. The smallest absolute Gasteiger partial charge is 0.379 e. The fraction of sp³-hybridized carbons (Fsp3) is 0.909. The Bertz CT molecular complexity index is 348. The molecule has 0 bridgehead atoms. The third-order valence-electron chi connectivity index (χ3n) is 3.42. The number of quaternary nitrogens is 1. The predicted molar refractivity (Wildman–Crippen MR) is 76.0 cm³/mol. The van der Waals surface area contributed by atoms with Gasteiger partial charge in [-0.1, -0.05) is 13.8 Å². The summed E-state index contributed by atoms with van der Waals surface area (Å²) in [5, 5.41) is 15.3. The molecule has 0 saturated carbocycles. The van der Waals surface area contributed by atoms with Crippen molar-refractivity contribution in [1.82, 2.24) is 10.6 Å². The Kier molecular flexibility index (Phi) is 7.87. The molecule has 0 aliphatic rings. The third-order valence-corrected chi connectivity index (χ3v) is 4.31. The Morgan fingerprint density at radius 3 is 1.80 bits per heavy atom. The summed E-state index contributed by atoms with van der Waals surface area (Å²) in [6, 6.07) is 0. The summed E-state index contributed by atoms with van der Waals surface area (Å²) < 4.78 is 11.2. The summed E-state index contributed by atoms with van der Waals surface area (Å²) in [7, 11) is -4.37. The second-order valence-electron chi connectivity index (χ2n) is 4.93. The van der Waals surface area contributed by atoms with E-state index in [1.165, 1.54) is 0 Å². The normalized spacial score (nSPS) is 18.3. The van der Waals surface area contributed by atoms with Crippen molar-refractivity contribution in [1.29, 1.82) is 0 Å². The van der Waals surface area contributed by atoms with E-state index < -0.39 is 32.2 Å². The van der Waals surface area contributed by atoms with Gasteiger partial charge in [0.15, 0.2) is 12.8 Å². The lowest BCUT2D eigenvalue weighted by molar-refractivity contribution is -0.960. The van der Waals surface area contributed by atoms with E-state index in [-0.39, 0.29) is 11.0 Å². The first kappa shape index (κ1) is 19.5. The molecule has 0 spiro atoms. The van der Waals surface area contributed by atoms with Crippen molar-refractivity contribution in [2.75, 3.05) is 25.9 Å². The van der Waals surface area contributed by atoms with E-state index in [2.05, 4.69) is 10.6 Å². The van der Waals surface area contributed by atoms with Gasteiger partial charge in [-0.15, -0.1) is 0 Å². The zero-order chi connectivity index (χ0) is 16.0. The second kappa shape index (κ2) is 8.07. The van der Waals surface area contributed by atoms with Crippen LogP contribution in [0.1, 0.15) is 27.7 Å². The molecule has 0 rings (SSSR count). The zero-order valence-corrected chi connectivity index (χ0v) is 13.4. The van der Waals surface area contributed by atoms with Gasteiger partial charge in [-0.25, -0.2) is 4.79 Å². The first-order valence-electron chi connectivity index (χ1n) is 6.68. The van der Waals surface area contributed by atoms with Crippen molar-refractivity contribution in [3.05, 3.63) is 0 Å². The van der Waals surface area contributed by atoms with Crippen molar-refractivity contribution in [2.45, 2.75) is 40.0 Å². The van der Waals surface area contributed by atoms with Crippen LogP contribution in [0.4, 0.5) is 0 Å². The summed E-state index contributed by atoms with van der Waals surface area (Å²) in [6.07, 6.45) is -1.34. The van der Waals surface area contributed by atoms with E-state index in [1.807, 2.05) is 13.8 Å². The molecule has 2 atom stereocenters. The minimum absolute atomic E-state index is 0.263. The summed E-state index contributed by atoms with van der Waals surface area (Å²) in [5.41, 5.74) is 0. The molecule has 9 heteroatoms. The Labute approximate surface area is 119 Å². The fourth-order valence-electron chi connectivity index (χ4n) is 2.45. The van der Waals surface area contributed by atoms with Gasteiger partial charge in [0.2, 0.25) is 0 Å². The first-order valence-corrected chi connectivity index (χ1v) is 8.48. The lowest BCUT2D eigenvalue weighted by Gasteiger charge is -2.46. The molecule has 0 aliphatic heterocycles. The van der Waals surface area contributed by atoms with Gasteiger partial charge in [-0.05, 0) is 13.1 Å². The van der Waals surface area contributed by atoms with Gasteiger partial charge in [0.25, 0.3) is 0 Å². The van der Waals surface area contributed by atoms with Crippen LogP contribution in [0.3, 0.4) is 0 Å². The number of aliphatic carboxylic acids is 1. The minimum atomic E-state index is -4.37. The van der Waals surface area contributed by atoms with Gasteiger partial charge < -0.3 is 14.9 Å². The number of nitrogens with one attached hydrogen (secondary N) is 2. The molecule has 0 saturated heterocycles. The van der Waals surface area contributed by atoms with Crippen molar-refractivity contribution >= 4 is 13.6 Å². The van der Waals surface area contributed by atoms with Gasteiger partial charge in [-0.3, -0.25) is 19.7 Å². The lowest BCUT2D eigenvalue weighted by Crippen LogP contribution is -2.69. The number of carbonyl (C=O) groups is 1. The van der Waals surface area contributed by atoms with E-state index in [0.29, 0.717) is 13.1 Å². The molecule has 0 aromatic carbocycles. The average molecular weight is 312 g/mol. The maximum Gasteiger partial charge on any atom is 0.379 e. The van der Waals surface area contributed by atoms with Crippen LogP contribution in [0.5, 0.6) is 0 Å². The molecule has 0 heterocycles. The zero-order valence-electron chi connectivity index (χ0n) is 12.5. The van der Waals surface area contributed by atoms with Crippen LogP contribution in [0.25, 0.3) is 0 Å². The highest BCUT2D eigenvalue weighted by Crippen LogP contribution is 2.40. The molecule has 0 radical (unpaired) electrons. The molecule has 0 aromatic heterocycles. The molecule has 120 valence electrons. The Morgan fingerprint density at radius 1 is 1.15 bits per heavy atom. The van der Waals surface area contributed by atoms with Crippen molar-refractivity contribution in [3.63, 3.8) is 0 Å². The van der Waals surface area contributed by atoms with Crippen LogP contribution < -0.4 is 10.6 Å². The van der Waals surface area contributed by atoms with Crippen LogP contribution in [0.15, 0.2) is 0 Å². The van der Waals surface area contributed by atoms with Crippen molar-refractivity contribution < 1.29 is 28.7 Å². The fourth-order valence-corrected chi connectivity index (χ4v) is 3.73. The van der Waals surface area contributed by atoms with Crippen LogP contribution >= 0.6 is 7.60 Å². The second-order valence-corrected chi connectivity index (χ2v) is 6.54. The highest BCUT2D eigenvalue weighted by atomic mass is 31.2. The number of nitrogens with zero attached hydrogens (tertiary/aromatic N) is 1. The van der Waals surface area contributed by atoms with Crippen LogP contribution in [0, 0.1) is 0 Å². The number of carboxylic acid groups (broad SMARTS) is 1. The molecule has 2 unspecified atom stereocenters. The largest absolute Gasteiger partial charge is 0.477 e. The molecule has 0 amide bonds. The van der Waals surface area contributed by atoms with Gasteiger partial charge in [0.1, 0.15) is 12.3 Å². The van der Waals surface area contributed by atoms with Crippen LogP contribution in [-0.2, 0) is 9.36 Å². The van der Waals surface area contributed by atoms with Gasteiger partial charge in [0, 0.05) is 13.8 Å². The van der Waals surface area contributed by atoms with E-state index in [4.69, 9.17) is 5.11 Å². The summed E-state index contributed by atoms with van der Waals surface area (Å²) in [5.74, 6) is -1.09. The molecule has 0 fully saturated rings. The molecular formula is C11H27N3O5P+. The molecule has 0 aromatic rings. The summed E-state index contributed by atoms with van der Waals surface area (Å²) >= 11 is 0. The number of rotatable bonds is 10. The molecule has 8 nitrogen and oxygen atoms in total. The quantitative estimate of drug-likeness (QED) is 0.218. The SMILES string of the molecule is CCNC(C)[N+](CC(=O)O)(CP(=O)(O)O)C(C)NCC. The lowest BCUT2D eigenvalue weighted by atomic mass is 10.2. The number of carboxylic acids is 1. The molecular weight excluding hydrogens is 285 g/mol. The monoisotopic (exact) mass is 312 g/mol. The third kappa shape index (κ3) is 5.87. The summed E-state index contributed by atoms with van der Waals surface area (Å²) in [6.45, 7) is 8.02. The molecule has 20 heavy (non-hydrogen) atoms. The topological polar surface area (TPSA) is 119 Å². The van der Waals surface area contributed by atoms with Gasteiger partial charge in [-0.2, -0.15) is 0 Å². The number of hydrogen-bond donors (Lipinski definition) is 5. The molecule has 0 aliphatic carbocycles. The van der Waals surface area contributed by atoms with Crippen molar-refractivity contribution in [2.24, 2.45) is 0 Å². The predicted octanol–water partition coefficient (Wildman–Crippen LogP) is -0.0660. The first-order chi connectivity index (χ1) is 9.09. The van der Waals surface area contributed by atoms with Gasteiger partial charge in [0.05, 0.1) is 0 Å². The Hall–Kier alpha value is -0.500. The maximum atomic E-state index is 11.5. The maximum absolute atomic E-state index is 11.5. The average Bonchev–Trinajstić information content (AvgIpc) is 2.25.